The van der Waals surface area contributed by atoms with E-state index in [9.17, 15) is 18.0 Å². The molecule has 0 unspecified atom stereocenters. The molecule has 0 aliphatic rings. The van der Waals surface area contributed by atoms with Crippen LogP contribution in [0.5, 0.6) is 0 Å². The zero-order valence-electron chi connectivity index (χ0n) is 10.3. The second-order valence-electron chi connectivity index (χ2n) is 4.07. The Bertz CT molecular complexity index is 564. The Balaban J connectivity index is 1.78. The Morgan fingerprint density at radius 1 is 1.30 bits per heavy atom. The van der Waals surface area contributed by atoms with Gasteiger partial charge in [0.2, 0.25) is 5.91 Å². The first-order valence-corrected chi connectivity index (χ1v) is 6.64. The Morgan fingerprint density at radius 3 is 2.75 bits per heavy atom. The molecule has 0 saturated heterocycles. The fraction of sp³-hybridized carbons (Fsp3) is 0.333. The molecule has 1 aromatic heterocycles. The molecule has 0 aliphatic heterocycles. The fourth-order valence-corrected chi connectivity index (χ4v) is 2.46. The van der Waals surface area contributed by atoms with Crippen LogP contribution in [0, 0.1) is 0 Å². The number of thiazole rings is 1. The summed E-state index contributed by atoms with van der Waals surface area (Å²) in [7, 11) is 0. The molecule has 0 spiro atoms. The van der Waals surface area contributed by atoms with Gasteiger partial charge < -0.3 is 10.6 Å². The minimum absolute atomic E-state index is 0.214. The fourth-order valence-electron chi connectivity index (χ4n) is 1.55. The highest BCUT2D eigenvalue weighted by Crippen LogP contribution is 2.21. The van der Waals surface area contributed by atoms with Crippen LogP contribution in [0.3, 0.4) is 0 Å². The number of carbonyl (C=O) groups excluding carboxylic acids is 1. The first-order chi connectivity index (χ1) is 9.44. The molecule has 2 aromatic rings. The van der Waals surface area contributed by atoms with Crippen LogP contribution in [0.25, 0.3) is 10.2 Å². The first kappa shape index (κ1) is 14.7. The second-order valence-corrected chi connectivity index (χ2v) is 5.19. The summed E-state index contributed by atoms with van der Waals surface area (Å²) in [6.45, 7) is -1.34. The molecule has 20 heavy (non-hydrogen) atoms. The molecule has 4 nitrogen and oxygen atoms in total. The van der Waals surface area contributed by atoms with E-state index in [0.717, 1.165) is 15.2 Å². The van der Waals surface area contributed by atoms with Crippen molar-refractivity contribution in [3.05, 3.63) is 29.3 Å². The van der Waals surface area contributed by atoms with Gasteiger partial charge in [-0.15, -0.1) is 11.3 Å². The highest BCUT2D eigenvalue weighted by atomic mass is 32.1. The molecule has 2 N–H and O–H groups in total. The van der Waals surface area contributed by atoms with Gasteiger partial charge in [-0.1, -0.05) is 12.1 Å². The molecular formula is C12H12F3N3OS. The average Bonchev–Trinajstić information content (AvgIpc) is 2.77. The zero-order valence-corrected chi connectivity index (χ0v) is 11.1. The number of benzene rings is 1. The summed E-state index contributed by atoms with van der Waals surface area (Å²) >= 11 is 1.44. The summed E-state index contributed by atoms with van der Waals surface area (Å²) < 4.78 is 36.6. The van der Waals surface area contributed by atoms with Crippen LogP contribution in [0.1, 0.15) is 5.01 Å². The van der Waals surface area contributed by atoms with E-state index in [0.29, 0.717) is 0 Å². The number of rotatable bonds is 5. The van der Waals surface area contributed by atoms with Gasteiger partial charge >= 0.3 is 6.18 Å². The Labute approximate surface area is 117 Å². The number of aromatic nitrogens is 1. The lowest BCUT2D eigenvalue weighted by molar-refractivity contribution is -0.128. The van der Waals surface area contributed by atoms with Crippen molar-refractivity contribution in [1.29, 1.82) is 0 Å². The van der Waals surface area contributed by atoms with Crippen molar-refractivity contribution in [2.75, 3.05) is 13.1 Å². The SMILES string of the molecule is O=C(CNCC(F)(F)F)NCc1nc2ccccc2s1. The van der Waals surface area contributed by atoms with Crippen molar-refractivity contribution in [3.63, 3.8) is 0 Å². The van der Waals surface area contributed by atoms with Crippen molar-refractivity contribution >= 4 is 27.5 Å². The lowest BCUT2D eigenvalue weighted by Gasteiger charge is -2.07. The van der Waals surface area contributed by atoms with Gasteiger partial charge in [0.05, 0.1) is 29.9 Å². The average molecular weight is 303 g/mol. The van der Waals surface area contributed by atoms with E-state index in [4.69, 9.17) is 0 Å². The molecule has 1 heterocycles. The number of nitrogens with one attached hydrogen (secondary N) is 2. The Morgan fingerprint density at radius 2 is 2.05 bits per heavy atom. The second kappa shape index (κ2) is 6.19. The number of hydrogen-bond donors (Lipinski definition) is 2. The Hall–Kier alpha value is -1.67. The van der Waals surface area contributed by atoms with Gasteiger partial charge in [-0.25, -0.2) is 4.98 Å². The number of carbonyl (C=O) groups is 1. The van der Waals surface area contributed by atoms with E-state index in [1.165, 1.54) is 11.3 Å². The predicted octanol–water partition coefficient (Wildman–Crippen LogP) is 2.06. The van der Waals surface area contributed by atoms with Crippen LogP contribution in [-0.2, 0) is 11.3 Å². The quantitative estimate of drug-likeness (QED) is 0.889. The van der Waals surface area contributed by atoms with Crippen molar-refractivity contribution in [2.24, 2.45) is 0 Å². The number of amides is 1. The molecule has 1 aromatic carbocycles. The largest absolute Gasteiger partial charge is 0.401 e. The molecule has 108 valence electrons. The molecule has 0 fully saturated rings. The van der Waals surface area contributed by atoms with Gasteiger partial charge in [-0.2, -0.15) is 13.2 Å². The predicted molar refractivity (Wildman–Crippen MR) is 70.4 cm³/mol. The van der Waals surface area contributed by atoms with Gasteiger partial charge in [0.25, 0.3) is 0 Å². The van der Waals surface area contributed by atoms with Crippen LogP contribution in [0.2, 0.25) is 0 Å². The third-order valence-electron chi connectivity index (χ3n) is 2.39. The summed E-state index contributed by atoms with van der Waals surface area (Å²) in [5.74, 6) is -0.492. The minimum atomic E-state index is -4.31. The number of fused-ring (bicyclic) bond motifs is 1. The van der Waals surface area contributed by atoms with E-state index >= 15 is 0 Å². The molecule has 0 bridgehead atoms. The van der Waals surface area contributed by atoms with Crippen LogP contribution < -0.4 is 10.6 Å². The summed E-state index contributed by atoms with van der Waals surface area (Å²) in [4.78, 5) is 15.7. The summed E-state index contributed by atoms with van der Waals surface area (Å²) in [6.07, 6.45) is -4.31. The smallest absolute Gasteiger partial charge is 0.348 e. The van der Waals surface area contributed by atoms with E-state index < -0.39 is 18.6 Å². The van der Waals surface area contributed by atoms with Crippen LogP contribution >= 0.6 is 11.3 Å². The van der Waals surface area contributed by atoms with Crippen molar-refractivity contribution < 1.29 is 18.0 Å². The topological polar surface area (TPSA) is 54.0 Å². The molecule has 1 amide bonds. The lowest BCUT2D eigenvalue weighted by atomic mass is 10.3. The van der Waals surface area contributed by atoms with Crippen molar-refractivity contribution in [1.82, 2.24) is 15.6 Å². The highest BCUT2D eigenvalue weighted by molar-refractivity contribution is 7.18. The van der Waals surface area contributed by atoms with E-state index in [2.05, 4.69) is 10.3 Å². The van der Waals surface area contributed by atoms with Crippen molar-refractivity contribution in [3.8, 4) is 0 Å². The molecule has 2 rings (SSSR count). The lowest BCUT2D eigenvalue weighted by Crippen LogP contribution is -2.37. The third kappa shape index (κ3) is 4.46. The van der Waals surface area contributed by atoms with Gasteiger partial charge in [-0.3, -0.25) is 4.79 Å². The van der Waals surface area contributed by atoms with Gasteiger partial charge in [0.15, 0.2) is 0 Å². The van der Waals surface area contributed by atoms with Crippen LogP contribution in [-0.4, -0.2) is 30.2 Å². The summed E-state index contributed by atoms with van der Waals surface area (Å²) in [5.41, 5.74) is 0.844. The number of hydrogen-bond acceptors (Lipinski definition) is 4. The molecule has 0 atom stereocenters. The van der Waals surface area contributed by atoms with E-state index in [-0.39, 0.29) is 13.1 Å². The maximum atomic E-state index is 11.9. The first-order valence-electron chi connectivity index (χ1n) is 5.83. The number of alkyl halides is 3. The number of halogens is 3. The van der Waals surface area contributed by atoms with Crippen LogP contribution in [0.4, 0.5) is 13.2 Å². The van der Waals surface area contributed by atoms with E-state index in [1.54, 1.807) is 0 Å². The normalized spacial score (nSPS) is 11.8. The molecular weight excluding hydrogens is 291 g/mol. The van der Waals surface area contributed by atoms with Gasteiger partial charge in [0, 0.05) is 0 Å². The number of para-hydroxylation sites is 1. The third-order valence-corrected chi connectivity index (χ3v) is 3.42. The van der Waals surface area contributed by atoms with Gasteiger partial charge in [-0.05, 0) is 12.1 Å². The molecule has 0 saturated carbocycles. The highest BCUT2D eigenvalue weighted by Gasteiger charge is 2.26. The van der Waals surface area contributed by atoms with Crippen molar-refractivity contribution in [2.45, 2.75) is 12.7 Å². The maximum absolute atomic E-state index is 11.9. The number of nitrogens with zero attached hydrogens (tertiary/aromatic N) is 1. The van der Waals surface area contributed by atoms with Gasteiger partial charge in [0.1, 0.15) is 5.01 Å². The monoisotopic (exact) mass is 303 g/mol. The molecule has 0 aliphatic carbocycles. The maximum Gasteiger partial charge on any atom is 0.401 e. The summed E-state index contributed by atoms with van der Waals surface area (Å²) in [6, 6.07) is 7.54. The van der Waals surface area contributed by atoms with Crippen LogP contribution in [0.15, 0.2) is 24.3 Å². The Kier molecular flexibility index (Phi) is 4.56. The minimum Gasteiger partial charge on any atom is -0.348 e. The van der Waals surface area contributed by atoms with E-state index in [1.807, 2.05) is 29.6 Å². The molecule has 0 radical (unpaired) electrons. The summed E-state index contributed by atoms with van der Waals surface area (Å²) in [5, 5.41) is 5.28. The standard InChI is InChI=1S/C12H12F3N3OS/c13-12(14,15)7-16-5-10(19)17-6-11-18-8-3-1-2-4-9(8)20-11/h1-4,16H,5-7H2,(H,17,19). The molecule has 8 heteroatoms. The zero-order chi connectivity index (χ0) is 14.6.